The van der Waals surface area contributed by atoms with Crippen LogP contribution in [-0.4, -0.2) is 46.5 Å². The number of aromatic nitrogens is 1. The molecule has 1 aliphatic heterocycles. The fourth-order valence-corrected chi connectivity index (χ4v) is 3.46. The number of aliphatic hydroxyl groups is 1. The van der Waals surface area contributed by atoms with E-state index in [1.54, 1.807) is 14.0 Å². The topological polar surface area (TPSA) is 71.8 Å². The molecule has 2 heterocycles. The molecule has 6 heteroatoms. The third-order valence-corrected chi connectivity index (χ3v) is 4.68. The van der Waals surface area contributed by atoms with Gasteiger partial charge < -0.3 is 19.3 Å². The van der Waals surface area contributed by atoms with Gasteiger partial charge in [0.15, 0.2) is 11.5 Å². The number of benzene rings is 1. The van der Waals surface area contributed by atoms with Gasteiger partial charge in [0.05, 0.1) is 18.2 Å². The van der Waals surface area contributed by atoms with E-state index in [9.17, 15) is 14.7 Å². The Morgan fingerprint density at radius 2 is 2.04 bits per heavy atom. The maximum absolute atomic E-state index is 12.6. The third kappa shape index (κ3) is 2.72. The lowest BCUT2D eigenvalue weighted by molar-refractivity contribution is -0.130. The molecule has 25 heavy (non-hydrogen) atoms. The van der Waals surface area contributed by atoms with Gasteiger partial charge in [-0.05, 0) is 6.07 Å². The minimum absolute atomic E-state index is 0.181. The van der Waals surface area contributed by atoms with Crippen molar-refractivity contribution in [3.63, 3.8) is 0 Å². The number of methoxy groups -OCH3 is 1. The number of rotatable bonds is 6. The highest BCUT2D eigenvalue weighted by Crippen LogP contribution is 2.41. The number of Topliss-reactive ketones (excluding diaryl/α,β-unsaturated/α-hetero) is 1. The Labute approximate surface area is 146 Å². The molecule has 0 spiro atoms. The van der Waals surface area contributed by atoms with Crippen LogP contribution in [0.25, 0.3) is 10.9 Å². The number of ether oxygens (including phenoxy) is 1. The van der Waals surface area contributed by atoms with E-state index >= 15 is 0 Å². The number of carbonyl (C=O) groups is 2. The summed E-state index contributed by atoms with van der Waals surface area (Å²) in [6.45, 7) is 2.35. The third-order valence-electron chi connectivity index (χ3n) is 4.68. The molecule has 0 saturated heterocycles. The van der Waals surface area contributed by atoms with Gasteiger partial charge in [-0.2, -0.15) is 0 Å². The van der Waals surface area contributed by atoms with Crippen molar-refractivity contribution in [2.24, 2.45) is 7.05 Å². The van der Waals surface area contributed by atoms with E-state index in [0.717, 1.165) is 16.5 Å². The summed E-state index contributed by atoms with van der Waals surface area (Å²) in [4.78, 5) is 26.6. The fraction of sp³-hybridized carbons (Fsp3) is 0.368. The molecule has 0 radical (unpaired) electrons. The molecule has 1 aromatic heterocycles. The molecular weight excluding hydrogens is 320 g/mol. The fourth-order valence-electron chi connectivity index (χ4n) is 3.46. The van der Waals surface area contributed by atoms with Gasteiger partial charge in [0.25, 0.3) is 5.91 Å². The van der Waals surface area contributed by atoms with Crippen LogP contribution in [-0.2, 0) is 21.4 Å². The molecule has 0 saturated carbocycles. The Bertz CT molecular complexity index is 865. The molecule has 2 aromatic rings. The molecule has 3 rings (SSSR count). The van der Waals surface area contributed by atoms with Crippen LogP contribution in [0.15, 0.2) is 41.8 Å². The average Bonchev–Trinajstić information content (AvgIpc) is 3.08. The number of aryl methyl sites for hydroxylation is 1. The number of aliphatic hydroxyl groups excluding tert-OH is 1. The van der Waals surface area contributed by atoms with E-state index < -0.39 is 17.7 Å². The van der Waals surface area contributed by atoms with E-state index in [1.165, 1.54) is 4.90 Å². The molecule has 1 amide bonds. The van der Waals surface area contributed by atoms with Gasteiger partial charge in [0.2, 0.25) is 0 Å². The summed E-state index contributed by atoms with van der Waals surface area (Å²) >= 11 is 0. The molecule has 0 bridgehead atoms. The Morgan fingerprint density at radius 1 is 1.32 bits per heavy atom. The highest BCUT2D eigenvalue weighted by molar-refractivity contribution is 6.09. The summed E-state index contributed by atoms with van der Waals surface area (Å²) in [5.74, 6) is -1.18. The van der Waals surface area contributed by atoms with Crippen LogP contribution >= 0.6 is 0 Å². The van der Waals surface area contributed by atoms with Crippen LogP contribution < -0.4 is 0 Å². The monoisotopic (exact) mass is 342 g/mol. The summed E-state index contributed by atoms with van der Waals surface area (Å²) < 4.78 is 7.07. The number of carbonyl (C=O) groups excluding carboxylic acids is 2. The van der Waals surface area contributed by atoms with Crippen molar-refractivity contribution in [1.29, 1.82) is 0 Å². The normalized spacial score (nSPS) is 17.8. The highest BCUT2D eigenvalue weighted by Gasteiger charge is 2.43. The zero-order valence-electron chi connectivity index (χ0n) is 14.7. The number of para-hydroxylation sites is 1. The quantitative estimate of drug-likeness (QED) is 0.875. The summed E-state index contributed by atoms with van der Waals surface area (Å²) in [7, 11) is 3.48. The zero-order chi connectivity index (χ0) is 18.1. The average molecular weight is 342 g/mol. The maximum Gasteiger partial charge on any atom is 0.290 e. The van der Waals surface area contributed by atoms with Gasteiger partial charge in [0.1, 0.15) is 0 Å². The lowest BCUT2D eigenvalue weighted by atomic mass is 9.95. The van der Waals surface area contributed by atoms with E-state index in [-0.39, 0.29) is 17.8 Å². The molecule has 1 aliphatic rings. The first-order valence-corrected chi connectivity index (χ1v) is 8.31. The summed E-state index contributed by atoms with van der Waals surface area (Å²) in [5.41, 5.74) is 2.02. The standard InChI is InChI=1S/C19H22N2O4/c1-4-15(22)16-17(21(9-10-25-3)19(24)18(16)23)13-11-20(2)14-8-6-5-7-12(13)14/h5-8,11,17,23H,4,9-10H2,1-3H3. The Morgan fingerprint density at radius 3 is 2.72 bits per heavy atom. The minimum atomic E-state index is -0.596. The molecular formula is C19H22N2O4. The van der Waals surface area contributed by atoms with E-state index in [0.29, 0.717) is 13.2 Å². The summed E-state index contributed by atoms with van der Waals surface area (Å²) in [5, 5.41) is 11.3. The van der Waals surface area contributed by atoms with Gasteiger partial charge in [-0.1, -0.05) is 25.1 Å². The first-order valence-electron chi connectivity index (χ1n) is 8.31. The molecule has 1 unspecified atom stereocenters. The van der Waals surface area contributed by atoms with Crippen LogP contribution in [0.4, 0.5) is 0 Å². The minimum Gasteiger partial charge on any atom is -0.503 e. The lowest BCUT2D eigenvalue weighted by Gasteiger charge is -2.26. The van der Waals surface area contributed by atoms with Crippen LogP contribution in [0, 0.1) is 0 Å². The number of amides is 1. The maximum atomic E-state index is 12.6. The van der Waals surface area contributed by atoms with Gasteiger partial charge >= 0.3 is 0 Å². The van der Waals surface area contributed by atoms with Crippen molar-refractivity contribution in [3.05, 3.63) is 47.4 Å². The van der Waals surface area contributed by atoms with Crippen LogP contribution in [0.1, 0.15) is 24.9 Å². The lowest BCUT2D eigenvalue weighted by Crippen LogP contribution is -2.33. The second-order valence-electron chi connectivity index (χ2n) is 6.15. The number of fused-ring (bicyclic) bond motifs is 1. The van der Waals surface area contributed by atoms with E-state index in [4.69, 9.17) is 4.74 Å². The van der Waals surface area contributed by atoms with Crippen LogP contribution in [0.5, 0.6) is 0 Å². The SMILES string of the molecule is CCC(=O)C1=C(O)C(=O)N(CCOC)C1c1cn(C)c2ccccc12. The summed E-state index contributed by atoms with van der Waals surface area (Å²) in [6, 6.07) is 7.22. The Hall–Kier alpha value is -2.60. The number of ketones is 1. The molecule has 1 aromatic carbocycles. The van der Waals surface area contributed by atoms with Gasteiger partial charge in [0, 0.05) is 49.8 Å². The van der Waals surface area contributed by atoms with Crippen LogP contribution in [0.2, 0.25) is 0 Å². The molecule has 132 valence electrons. The second-order valence-corrected chi connectivity index (χ2v) is 6.15. The highest BCUT2D eigenvalue weighted by atomic mass is 16.5. The predicted molar refractivity (Wildman–Crippen MR) is 94.2 cm³/mol. The zero-order valence-corrected chi connectivity index (χ0v) is 14.7. The summed E-state index contributed by atoms with van der Waals surface area (Å²) in [6.07, 6.45) is 2.15. The number of hydrogen-bond donors (Lipinski definition) is 1. The van der Waals surface area contributed by atoms with Crippen molar-refractivity contribution in [1.82, 2.24) is 9.47 Å². The van der Waals surface area contributed by atoms with Gasteiger partial charge in [-0.15, -0.1) is 0 Å². The predicted octanol–water partition coefficient (Wildman–Crippen LogP) is 2.50. The second kappa shape index (κ2) is 6.72. The van der Waals surface area contributed by atoms with Crippen molar-refractivity contribution in [2.75, 3.05) is 20.3 Å². The first kappa shape index (κ1) is 17.2. The van der Waals surface area contributed by atoms with E-state index in [1.807, 2.05) is 42.1 Å². The molecule has 6 nitrogen and oxygen atoms in total. The Kier molecular flexibility index (Phi) is 4.63. The van der Waals surface area contributed by atoms with Crippen molar-refractivity contribution in [3.8, 4) is 0 Å². The largest absolute Gasteiger partial charge is 0.503 e. The molecule has 0 aliphatic carbocycles. The van der Waals surface area contributed by atoms with Crippen molar-refractivity contribution < 1.29 is 19.4 Å². The first-order chi connectivity index (χ1) is 12.0. The van der Waals surface area contributed by atoms with Crippen molar-refractivity contribution in [2.45, 2.75) is 19.4 Å². The number of nitrogens with zero attached hydrogens (tertiary/aromatic N) is 2. The molecule has 1 atom stereocenters. The van der Waals surface area contributed by atoms with Crippen molar-refractivity contribution >= 4 is 22.6 Å². The van der Waals surface area contributed by atoms with Crippen LogP contribution in [0.3, 0.4) is 0 Å². The number of hydrogen-bond acceptors (Lipinski definition) is 4. The molecule has 1 N–H and O–H groups in total. The molecule has 0 fully saturated rings. The smallest absolute Gasteiger partial charge is 0.290 e. The van der Waals surface area contributed by atoms with Gasteiger partial charge in [-0.25, -0.2) is 0 Å². The Balaban J connectivity index is 2.19. The van der Waals surface area contributed by atoms with Gasteiger partial charge in [-0.3, -0.25) is 9.59 Å². The van der Waals surface area contributed by atoms with E-state index in [2.05, 4.69) is 0 Å².